The number of nitrogens with one attached hydrogen (secondary N) is 3. The van der Waals surface area contributed by atoms with Crippen LogP contribution in [0.15, 0.2) is 48.5 Å². The van der Waals surface area contributed by atoms with Gasteiger partial charge in [0.1, 0.15) is 6.04 Å². The fourth-order valence-electron chi connectivity index (χ4n) is 2.40. The highest BCUT2D eigenvalue weighted by atomic mass is 16.2. The monoisotopic (exact) mass is 339 g/mol. The highest BCUT2D eigenvalue weighted by Gasteiger charge is 2.24. The predicted octanol–water partition coefficient (Wildman–Crippen LogP) is 4.09. The van der Waals surface area contributed by atoms with Crippen molar-refractivity contribution in [3.63, 3.8) is 0 Å². The van der Waals surface area contributed by atoms with Gasteiger partial charge < -0.3 is 16.0 Å². The maximum atomic E-state index is 12.6. The van der Waals surface area contributed by atoms with Crippen LogP contribution in [0, 0.1) is 19.8 Å². The summed E-state index contributed by atoms with van der Waals surface area (Å²) >= 11 is 0. The molecule has 2 rings (SSSR count). The summed E-state index contributed by atoms with van der Waals surface area (Å²) in [5.41, 5.74) is 3.67. The molecule has 0 saturated heterocycles. The Morgan fingerprint density at radius 3 is 2.12 bits per heavy atom. The van der Waals surface area contributed by atoms with E-state index in [0.717, 1.165) is 11.3 Å². The van der Waals surface area contributed by atoms with E-state index in [2.05, 4.69) is 16.0 Å². The van der Waals surface area contributed by atoms with Crippen LogP contribution < -0.4 is 16.0 Å². The molecule has 1 unspecified atom stereocenters. The van der Waals surface area contributed by atoms with Crippen molar-refractivity contribution in [3.8, 4) is 0 Å². The van der Waals surface area contributed by atoms with Crippen LogP contribution in [0.4, 0.5) is 16.2 Å². The van der Waals surface area contributed by atoms with Gasteiger partial charge in [-0.3, -0.25) is 4.79 Å². The molecule has 0 saturated carbocycles. The van der Waals surface area contributed by atoms with Gasteiger partial charge in [0.2, 0.25) is 5.91 Å². The van der Waals surface area contributed by atoms with Crippen molar-refractivity contribution < 1.29 is 9.59 Å². The number of hydrogen-bond acceptors (Lipinski definition) is 2. The standard InChI is InChI=1S/C20H25N3O2/c1-13(2)18(23-20(25)22-16-8-6-5-7-9-16)19(24)21-17-11-10-14(3)15(4)12-17/h5-13,18H,1-4H3,(H,21,24)(H2,22,23,25). The van der Waals surface area contributed by atoms with Gasteiger partial charge in [-0.2, -0.15) is 0 Å². The maximum Gasteiger partial charge on any atom is 0.319 e. The predicted molar refractivity (Wildman–Crippen MR) is 102 cm³/mol. The van der Waals surface area contributed by atoms with Gasteiger partial charge in [-0.1, -0.05) is 38.1 Å². The minimum absolute atomic E-state index is 0.0481. The van der Waals surface area contributed by atoms with Crippen LogP contribution >= 0.6 is 0 Å². The third-order valence-electron chi connectivity index (χ3n) is 4.04. The van der Waals surface area contributed by atoms with Gasteiger partial charge in [-0.15, -0.1) is 0 Å². The van der Waals surface area contributed by atoms with Gasteiger partial charge in [-0.05, 0) is 55.2 Å². The molecular weight excluding hydrogens is 314 g/mol. The molecule has 5 nitrogen and oxygen atoms in total. The lowest BCUT2D eigenvalue weighted by Gasteiger charge is -2.22. The van der Waals surface area contributed by atoms with Crippen molar-refractivity contribution in [3.05, 3.63) is 59.7 Å². The first-order valence-corrected chi connectivity index (χ1v) is 8.37. The maximum absolute atomic E-state index is 12.6. The first-order valence-electron chi connectivity index (χ1n) is 8.37. The number of aryl methyl sites for hydroxylation is 2. The molecule has 25 heavy (non-hydrogen) atoms. The Hall–Kier alpha value is -2.82. The van der Waals surface area contributed by atoms with E-state index in [-0.39, 0.29) is 11.8 Å². The minimum atomic E-state index is -0.634. The summed E-state index contributed by atoms with van der Waals surface area (Å²) in [5, 5.41) is 8.36. The van der Waals surface area contributed by atoms with E-state index in [9.17, 15) is 9.59 Å². The number of benzene rings is 2. The van der Waals surface area contributed by atoms with E-state index >= 15 is 0 Å². The van der Waals surface area contributed by atoms with E-state index in [0.29, 0.717) is 5.69 Å². The molecule has 0 fully saturated rings. The normalized spacial score (nSPS) is 11.7. The van der Waals surface area contributed by atoms with Gasteiger partial charge >= 0.3 is 6.03 Å². The lowest BCUT2D eigenvalue weighted by Crippen LogP contribution is -2.48. The fraction of sp³-hybridized carbons (Fsp3) is 0.300. The fourth-order valence-corrected chi connectivity index (χ4v) is 2.40. The zero-order valence-corrected chi connectivity index (χ0v) is 15.1. The number of amides is 3. The van der Waals surface area contributed by atoms with E-state index in [1.165, 1.54) is 5.56 Å². The van der Waals surface area contributed by atoms with E-state index < -0.39 is 12.1 Å². The molecule has 0 bridgehead atoms. The second-order valence-corrected chi connectivity index (χ2v) is 6.47. The topological polar surface area (TPSA) is 70.2 Å². The van der Waals surface area contributed by atoms with Gasteiger partial charge in [0.05, 0.1) is 0 Å². The Bertz CT molecular complexity index is 742. The molecule has 0 radical (unpaired) electrons. The SMILES string of the molecule is Cc1ccc(NC(=O)C(NC(=O)Nc2ccccc2)C(C)C)cc1C. The average Bonchev–Trinajstić information content (AvgIpc) is 2.56. The molecule has 132 valence electrons. The first kappa shape index (κ1) is 18.5. The number of anilines is 2. The van der Waals surface area contributed by atoms with Crippen LogP contribution in [-0.4, -0.2) is 18.0 Å². The van der Waals surface area contributed by atoms with Gasteiger partial charge in [0.25, 0.3) is 0 Å². The molecule has 0 spiro atoms. The van der Waals surface area contributed by atoms with Crippen molar-refractivity contribution in [1.29, 1.82) is 0 Å². The van der Waals surface area contributed by atoms with Gasteiger partial charge in [-0.25, -0.2) is 4.79 Å². The molecular formula is C20H25N3O2. The number of carbonyl (C=O) groups excluding carboxylic acids is 2. The van der Waals surface area contributed by atoms with Crippen LogP contribution in [0.25, 0.3) is 0 Å². The van der Waals surface area contributed by atoms with E-state index in [1.54, 1.807) is 12.1 Å². The second kappa shape index (κ2) is 8.33. The molecule has 2 aromatic rings. The third kappa shape index (κ3) is 5.35. The van der Waals surface area contributed by atoms with E-state index in [1.807, 2.05) is 64.1 Å². The van der Waals surface area contributed by atoms with Crippen molar-refractivity contribution in [1.82, 2.24) is 5.32 Å². The second-order valence-electron chi connectivity index (χ2n) is 6.47. The van der Waals surface area contributed by atoms with Crippen LogP contribution in [0.2, 0.25) is 0 Å². The molecule has 0 aromatic heterocycles. The smallest absolute Gasteiger partial charge is 0.319 e. The number of hydrogen-bond donors (Lipinski definition) is 3. The molecule has 0 aliphatic carbocycles. The largest absolute Gasteiger partial charge is 0.326 e. The summed E-state index contributed by atoms with van der Waals surface area (Å²) in [6.45, 7) is 7.81. The first-order chi connectivity index (χ1) is 11.9. The summed E-state index contributed by atoms with van der Waals surface area (Å²) in [5.74, 6) is -0.283. The molecule has 3 amide bonds. The number of rotatable bonds is 5. The highest BCUT2D eigenvalue weighted by molar-refractivity contribution is 5.99. The van der Waals surface area contributed by atoms with Crippen LogP contribution in [-0.2, 0) is 4.79 Å². The molecule has 0 aliphatic rings. The molecule has 0 heterocycles. The lowest BCUT2D eigenvalue weighted by atomic mass is 10.0. The summed E-state index contributed by atoms with van der Waals surface area (Å²) in [6.07, 6.45) is 0. The zero-order chi connectivity index (χ0) is 18.4. The Morgan fingerprint density at radius 1 is 0.840 bits per heavy atom. The van der Waals surface area contributed by atoms with Crippen LogP contribution in [0.1, 0.15) is 25.0 Å². The minimum Gasteiger partial charge on any atom is -0.326 e. The quantitative estimate of drug-likeness (QED) is 0.768. The average molecular weight is 339 g/mol. The summed E-state index contributed by atoms with van der Waals surface area (Å²) < 4.78 is 0. The van der Waals surface area contributed by atoms with Crippen molar-refractivity contribution in [2.75, 3.05) is 10.6 Å². The van der Waals surface area contributed by atoms with Crippen molar-refractivity contribution >= 4 is 23.3 Å². The van der Waals surface area contributed by atoms with Crippen molar-refractivity contribution in [2.45, 2.75) is 33.7 Å². The Labute approximate surface area is 148 Å². The number of para-hydroxylation sites is 1. The van der Waals surface area contributed by atoms with Crippen LogP contribution in [0.5, 0.6) is 0 Å². The molecule has 3 N–H and O–H groups in total. The number of carbonyl (C=O) groups is 2. The highest BCUT2D eigenvalue weighted by Crippen LogP contribution is 2.15. The van der Waals surface area contributed by atoms with E-state index in [4.69, 9.17) is 0 Å². The molecule has 0 aliphatic heterocycles. The summed E-state index contributed by atoms with van der Waals surface area (Å²) in [4.78, 5) is 24.8. The summed E-state index contributed by atoms with van der Waals surface area (Å²) in [6, 6.07) is 13.8. The zero-order valence-electron chi connectivity index (χ0n) is 15.1. The molecule has 5 heteroatoms. The number of urea groups is 1. The van der Waals surface area contributed by atoms with Gasteiger partial charge in [0.15, 0.2) is 0 Å². The lowest BCUT2D eigenvalue weighted by molar-refractivity contribution is -0.118. The third-order valence-corrected chi connectivity index (χ3v) is 4.04. The molecule has 1 atom stereocenters. The Balaban J connectivity index is 2.02. The van der Waals surface area contributed by atoms with Gasteiger partial charge in [0, 0.05) is 11.4 Å². The molecule has 2 aromatic carbocycles. The summed E-state index contributed by atoms with van der Waals surface area (Å²) in [7, 11) is 0. The Kier molecular flexibility index (Phi) is 6.17. The van der Waals surface area contributed by atoms with Crippen LogP contribution in [0.3, 0.4) is 0 Å². The Morgan fingerprint density at radius 2 is 1.52 bits per heavy atom. The van der Waals surface area contributed by atoms with Crippen molar-refractivity contribution in [2.24, 2.45) is 5.92 Å².